The Morgan fingerprint density at radius 3 is 2.77 bits per heavy atom. The second-order valence-corrected chi connectivity index (χ2v) is 3.77. The molecule has 0 radical (unpaired) electrons. The van der Waals surface area contributed by atoms with Crippen LogP contribution in [0, 0.1) is 0 Å². The van der Waals surface area contributed by atoms with Gasteiger partial charge in [-0.05, 0) is 18.9 Å². The molecule has 0 aromatic carbocycles. The molecule has 1 rings (SSSR count). The van der Waals surface area contributed by atoms with E-state index in [0.29, 0.717) is 0 Å². The Balaban J connectivity index is 3.10. The highest BCUT2D eigenvalue weighted by Gasteiger charge is 2.11. The van der Waals surface area contributed by atoms with Crippen LogP contribution in [-0.4, -0.2) is 7.11 Å². The van der Waals surface area contributed by atoms with E-state index in [2.05, 4.69) is 32.5 Å². The van der Waals surface area contributed by atoms with E-state index in [-0.39, 0.29) is 5.25 Å². The Labute approximate surface area is 84.9 Å². The van der Waals surface area contributed by atoms with Gasteiger partial charge in [0.2, 0.25) is 12.4 Å². The first-order valence-electron chi connectivity index (χ1n) is 4.45. The van der Waals surface area contributed by atoms with Gasteiger partial charge in [0.15, 0.2) is 0 Å². The lowest BCUT2D eigenvalue weighted by molar-refractivity contribution is -0.885. The van der Waals surface area contributed by atoms with Gasteiger partial charge in [-0.1, -0.05) is 6.92 Å². The highest BCUT2D eigenvalue weighted by Crippen LogP contribution is 2.21. The average Bonchev–Trinajstić information content (AvgIpc) is 2.16. The summed E-state index contributed by atoms with van der Waals surface area (Å²) in [5.41, 5.74) is 2.56. The van der Waals surface area contributed by atoms with E-state index >= 15 is 0 Å². The fourth-order valence-electron chi connectivity index (χ4n) is 1.33. The average molecular weight is 198 g/mol. The van der Waals surface area contributed by atoms with Crippen LogP contribution in [0.3, 0.4) is 0 Å². The van der Waals surface area contributed by atoms with Crippen molar-refractivity contribution in [3.8, 4) is 0 Å². The summed E-state index contributed by atoms with van der Waals surface area (Å²) >= 11 is 4.43. The van der Waals surface area contributed by atoms with E-state index in [4.69, 9.17) is 4.84 Å². The summed E-state index contributed by atoms with van der Waals surface area (Å²) < 4.78 is 1.70. The molecular weight excluding hydrogens is 182 g/mol. The first-order chi connectivity index (χ1) is 6.19. The number of thiol groups is 1. The molecule has 0 bridgehead atoms. The van der Waals surface area contributed by atoms with E-state index in [1.54, 1.807) is 11.8 Å². The van der Waals surface area contributed by atoms with Crippen LogP contribution in [0.15, 0.2) is 18.5 Å². The van der Waals surface area contributed by atoms with Crippen molar-refractivity contribution in [1.82, 2.24) is 0 Å². The molecule has 0 aliphatic heterocycles. The normalized spacial score (nSPS) is 12.6. The summed E-state index contributed by atoms with van der Waals surface area (Å²) in [6.07, 6.45) is 4.93. The lowest BCUT2D eigenvalue weighted by Gasteiger charge is -2.07. The van der Waals surface area contributed by atoms with Crippen molar-refractivity contribution in [2.24, 2.45) is 0 Å². The third-order valence-corrected chi connectivity index (χ3v) is 2.38. The molecule has 0 aliphatic rings. The predicted molar refractivity (Wildman–Crippen MR) is 55.9 cm³/mol. The zero-order valence-electron chi connectivity index (χ0n) is 8.32. The van der Waals surface area contributed by atoms with Gasteiger partial charge in [0.1, 0.15) is 7.11 Å². The molecule has 1 aromatic rings. The molecule has 0 spiro atoms. The van der Waals surface area contributed by atoms with Crippen LogP contribution in [0.2, 0.25) is 0 Å². The quantitative estimate of drug-likeness (QED) is 0.575. The monoisotopic (exact) mass is 198 g/mol. The molecule has 0 saturated carbocycles. The summed E-state index contributed by atoms with van der Waals surface area (Å²) in [5, 5.41) is 0.248. The lowest BCUT2D eigenvalue weighted by atomic mass is 10.1. The van der Waals surface area contributed by atoms with Crippen LogP contribution in [0.25, 0.3) is 0 Å². The molecule has 0 saturated heterocycles. The molecule has 13 heavy (non-hydrogen) atoms. The molecule has 1 atom stereocenters. The van der Waals surface area contributed by atoms with Crippen molar-refractivity contribution in [2.75, 3.05) is 7.11 Å². The molecule has 1 aromatic heterocycles. The Morgan fingerprint density at radius 2 is 2.31 bits per heavy atom. The molecule has 0 N–H and O–H groups in total. The van der Waals surface area contributed by atoms with Crippen molar-refractivity contribution >= 4 is 12.6 Å². The molecule has 0 amide bonds. The second-order valence-electron chi connectivity index (χ2n) is 3.00. The zero-order chi connectivity index (χ0) is 9.84. The van der Waals surface area contributed by atoms with Gasteiger partial charge in [0.25, 0.3) is 0 Å². The summed E-state index contributed by atoms with van der Waals surface area (Å²) in [5.74, 6) is 0. The smallest absolute Gasteiger partial charge is 0.227 e. The van der Waals surface area contributed by atoms with Crippen LogP contribution in [0.4, 0.5) is 0 Å². The third kappa shape index (κ3) is 2.37. The Kier molecular flexibility index (Phi) is 3.60. The van der Waals surface area contributed by atoms with E-state index in [0.717, 1.165) is 6.42 Å². The minimum absolute atomic E-state index is 0.248. The largest absolute Gasteiger partial charge is 0.275 e. The van der Waals surface area contributed by atoms with Crippen molar-refractivity contribution in [2.45, 2.75) is 25.5 Å². The minimum atomic E-state index is 0.248. The molecule has 0 aliphatic carbocycles. The summed E-state index contributed by atoms with van der Waals surface area (Å²) in [7, 11) is 1.65. The zero-order valence-corrected chi connectivity index (χ0v) is 9.21. The third-order valence-electron chi connectivity index (χ3n) is 2.10. The maximum Gasteiger partial charge on any atom is 0.227 e. The van der Waals surface area contributed by atoms with Gasteiger partial charge in [0.05, 0.1) is 0 Å². The predicted octanol–water partition coefficient (Wildman–Crippen LogP) is 1.59. The van der Waals surface area contributed by atoms with Gasteiger partial charge in [-0.2, -0.15) is 12.6 Å². The first-order valence-corrected chi connectivity index (χ1v) is 4.97. The van der Waals surface area contributed by atoms with E-state index < -0.39 is 0 Å². The molecule has 2 nitrogen and oxygen atoms in total. The molecule has 0 fully saturated rings. The van der Waals surface area contributed by atoms with Crippen LogP contribution in [0.5, 0.6) is 0 Å². The first kappa shape index (κ1) is 10.4. The minimum Gasteiger partial charge on any atom is -0.275 e. The topological polar surface area (TPSA) is 13.1 Å². The van der Waals surface area contributed by atoms with Crippen LogP contribution in [-0.2, 0) is 6.42 Å². The van der Waals surface area contributed by atoms with Gasteiger partial charge >= 0.3 is 0 Å². The molecule has 3 heteroatoms. The van der Waals surface area contributed by atoms with Gasteiger partial charge in [-0.3, -0.25) is 4.84 Å². The van der Waals surface area contributed by atoms with Crippen LogP contribution >= 0.6 is 12.6 Å². The Hall–Kier alpha value is -0.700. The Morgan fingerprint density at radius 1 is 1.62 bits per heavy atom. The number of pyridine rings is 1. The SMILES string of the molecule is CCc1cc[n+](OC)cc1C(C)S. The molecular formula is C10H16NOS+. The second kappa shape index (κ2) is 4.51. The summed E-state index contributed by atoms with van der Waals surface area (Å²) in [6.45, 7) is 4.21. The van der Waals surface area contributed by atoms with Crippen molar-refractivity contribution < 1.29 is 9.57 Å². The van der Waals surface area contributed by atoms with Gasteiger partial charge in [-0.25, -0.2) is 0 Å². The summed E-state index contributed by atoms with van der Waals surface area (Å²) in [4.78, 5) is 5.09. The van der Waals surface area contributed by atoms with Gasteiger partial charge in [0, 0.05) is 21.6 Å². The van der Waals surface area contributed by atoms with Crippen molar-refractivity contribution in [1.29, 1.82) is 0 Å². The van der Waals surface area contributed by atoms with Crippen molar-refractivity contribution in [3.63, 3.8) is 0 Å². The molecule has 1 unspecified atom stereocenters. The fourth-order valence-corrected chi connectivity index (χ4v) is 1.57. The molecule has 1 heterocycles. The van der Waals surface area contributed by atoms with Crippen molar-refractivity contribution in [3.05, 3.63) is 29.6 Å². The van der Waals surface area contributed by atoms with E-state index in [9.17, 15) is 0 Å². The molecule has 72 valence electrons. The van der Waals surface area contributed by atoms with E-state index in [1.165, 1.54) is 11.1 Å². The fraction of sp³-hybridized carbons (Fsp3) is 0.500. The highest BCUT2D eigenvalue weighted by atomic mass is 32.1. The number of aryl methyl sites for hydroxylation is 1. The Bertz CT molecular complexity index is 286. The summed E-state index contributed by atoms with van der Waals surface area (Å²) in [6, 6.07) is 2.07. The maximum atomic E-state index is 5.09. The van der Waals surface area contributed by atoms with Gasteiger partial charge in [-0.15, -0.1) is 0 Å². The number of aromatic nitrogens is 1. The number of hydrogen-bond acceptors (Lipinski definition) is 2. The highest BCUT2D eigenvalue weighted by molar-refractivity contribution is 7.80. The number of rotatable bonds is 3. The maximum absolute atomic E-state index is 5.09. The van der Waals surface area contributed by atoms with Crippen LogP contribution in [0.1, 0.15) is 30.2 Å². The number of hydrogen-bond donors (Lipinski definition) is 1. The lowest BCUT2D eigenvalue weighted by Crippen LogP contribution is -2.40. The van der Waals surface area contributed by atoms with Gasteiger partial charge < -0.3 is 0 Å². The van der Waals surface area contributed by atoms with Crippen LogP contribution < -0.4 is 9.57 Å². The number of nitrogens with zero attached hydrogens (tertiary/aromatic N) is 1. The standard InChI is InChI=1S/C10H15NOS/c1-4-9-5-6-11(12-3)7-10(9)8(2)13/h5-8H,4H2,1-3H3/p+1. The van der Waals surface area contributed by atoms with E-state index in [1.807, 2.05) is 12.4 Å².